The van der Waals surface area contributed by atoms with Crippen LogP contribution < -0.4 is 10.2 Å². The van der Waals surface area contributed by atoms with E-state index in [2.05, 4.69) is 10.3 Å². The first-order chi connectivity index (χ1) is 20.0. The molecular weight excluding hydrogens is 551 g/mol. The zero-order valence-corrected chi connectivity index (χ0v) is 22.4. The predicted molar refractivity (Wildman–Crippen MR) is 149 cm³/mol. The molecule has 1 fully saturated rings. The van der Waals surface area contributed by atoms with Gasteiger partial charge in [-0.15, -0.1) is 0 Å². The van der Waals surface area contributed by atoms with Gasteiger partial charge in [0.2, 0.25) is 17.6 Å². The van der Waals surface area contributed by atoms with E-state index in [1.807, 2.05) is 0 Å². The van der Waals surface area contributed by atoms with Gasteiger partial charge in [-0.25, -0.2) is 4.98 Å². The van der Waals surface area contributed by atoms with Crippen LogP contribution in [-0.2, 0) is 15.8 Å². The number of nitrogens with zero attached hydrogens (tertiary/aromatic N) is 2. The molecule has 1 aliphatic rings. The highest BCUT2D eigenvalue weighted by Crippen LogP contribution is 2.36. The zero-order valence-electron chi connectivity index (χ0n) is 22.4. The summed E-state index contributed by atoms with van der Waals surface area (Å²) in [5.74, 6) is -5.27. The standard InChI is InChI=1S/C31H26F3N3O5/c1-37(29(39)23-8-5-9-24(23)30(40)41)22-16-12-19(13-17-22)18-10-14-21(15-11-18)35-27(38)25-26(31(32,33)34)42-28(36-25)20-6-3-2-4-7-20/h2-4,6-7,10-17,23-24H,5,8-9H2,1H3,(H,35,38)(H,40,41)/t23-,24-/m1/s1. The van der Waals surface area contributed by atoms with Gasteiger partial charge < -0.3 is 19.7 Å². The molecule has 0 bridgehead atoms. The molecular formula is C31H26F3N3O5. The lowest BCUT2D eigenvalue weighted by molar-refractivity contribution is -0.153. The molecule has 1 saturated carbocycles. The van der Waals surface area contributed by atoms with Gasteiger partial charge in [0.05, 0.1) is 11.8 Å². The van der Waals surface area contributed by atoms with Crippen molar-refractivity contribution in [2.45, 2.75) is 25.4 Å². The SMILES string of the molecule is CN(C(=O)[C@@H]1CCC[C@H]1C(=O)O)c1ccc(-c2ccc(NC(=O)c3nc(-c4ccccc4)oc3C(F)(F)F)cc2)cc1. The zero-order chi connectivity index (χ0) is 30.0. The molecule has 0 unspecified atom stereocenters. The molecule has 4 aromatic rings. The Labute approximate surface area is 238 Å². The Bertz CT molecular complexity index is 1600. The number of carbonyl (C=O) groups is 3. The molecule has 0 spiro atoms. The van der Waals surface area contributed by atoms with Gasteiger partial charge in [0.1, 0.15) is 0 Å². The Morgan fingerprint density at radius 3 is 2.07 bits per heavy atom. The van der Waals surface area contributed by atoms with Crippen LogP contribution in [-0.4, -0.2) is 34.9 Å². The van der Waals surface area contributed by atoms with Gasteiger partial charge in [-0.05, 0) is 60.4 Å². The maximum atomic E-state index is 13.6. The van der Waals surface area contributed by atoms with Crippen LogP contribution in [0.3, 0.4) is 0 Å². The van der Waals surface area contributed by atoms with Gasteiger partial charge >= 0.3 is 12.1 Å². The van der Waals surface area contributed by atoms with Crippen molar-refractivity contribution in [3.8, 4) is 22.6 Å². The third kappa shape index (κ3) is 5.90. The first-order valence-corrected chi connectivity index (χ1v) is 13.2. The number of nitrogens with one attached hydrogen (secondary N) is 1. The molecule has 1 aromatic heterocycles. The summed E-state index contributed by atoms with van der Waals surface area (Å²) in [5.41, 5.74) is 1.87. The van der Waals surface area contributed by atoms with Crippen molar-refractivity contribution in [3.05, 3.63) is 90.3 Å². The molecule has 11 heteroatoms. The molecule has 8 nitrogen and oxygen atoms in total. The molecule has 1 heterocycles. The van der Waals surface area contributed by atoms with Crippen LogP contribution in [0.4, 0.5) is 24.5 Å². The van der Waals surface area contributed by atoms with Crippen molar-refractivity contribution in [2.24, 2.45) is 11.8 Å². The minimum absolute atomic E-state index is 0.232. The molecule has 2 N–H and O–H groups in total. The fourth-order valence-electron chi connectivity index (χ4n) is 5.11. The molecule has 0 radical (unpaired) electrons. The minimum atomic E-state index is -4.92. The molecule has 3 aromatic carbocycles. The van der Waals surface area contributed by atoms with E-state index in [1.54, 1.807) is 73.8 Å². The van der Waals surface area contributed by atoms with E-state index in [-0.39, 0.29) is 17.5 Å². The number of aromatic nitrogens is 1. The minimum Gasteiger partial charge on any atom is -0.481 e. The highest BCUT2D eigenvalue weighted by Gasteiger charge is 2.42. The average molecular weight is 578 g/mol. The number of carboxylic acids is 1. The van der Waals surface area contributed by atoms with Crippen molar-refractivity contribution in [2.75, 3.05) is 17.3 Å². The van der Waals surface area contributed by atoms with E-state index < -0.39 is 41.3 Å². The van der Waals surface area contributed by atoms with Crippen LogP contribution in [0.1, 0.15) is 35.5 Å². The van der Waals surface area contributed by atoms with Crippen LogP contribution in [0.5, 0.6) is 0 Å². The summed E-state index contributed by atoms with van der Waals surface area (Å²) in [5, 5.41) is 11.9. The second-order valence-corrected chi connectivity index (χ2v) is 10.0. The van der Waals surface area contributed by atoms with Crippen LogP contribution in [0, 0.1) is 11.8 Å². The maximum absolute atomic E-state index is 13.6. The van der Waals surface area contributed by atoms with Gasteiger partial charge in [0.25, 0.3) is 5.91 Å². The Balaban J connectivity index is 1.28. The average Bonchev–Trinajstić information content (AvgIpc) is 3.66. The number of aliphatic carboxylic acids is 1. The van der Waals surface area contributed by atoms with Gasteiger partial charge in [-0.3, -0.25) is 14.4 Å². The summed E-state index contributed by atoms with van der Waals surface area (Å²) in [4.78, 5) is 42.5. The first kappa shape index (κ1) is 28.6. The Hall–Kier alpha value is -4.93. The van der Waals surface area contributed by atoms with Crippen LogP contribution in [0.25, 0.3) is 22.6 Å². The Morgan fingerprint density at radius 2 is 1.48 bits per heavy atom. The predicted octanol–water partition coefficient (Wildman–Crippen LogP) is 6.74. The maximum Gasteiger partial charge on any atom is 0.452 e. The third-order valence-corrected chi connectivity index (χ3v) is 7.33. The van der Waals surface area contributed by atoms with E-state index in [1.165, 1.54) is 17.0 Å². The monoisotopic (exact) mass is 577 g/mol. The van der Waals surface area contributed by atoms with E-state index in [0.717, 1.165) is 11.1 Å². The number of carboxylic acid groups (broad SMARTS) is 1. The molecule has 42 heavy (non-hydrogen) atoms. The molecule has 2 atom stereocenters. The molecule has 1 aliphatic carbocycles. The third-order valence-electron chi connectivity index (χ3n) is 7.33. The quantitative estimate of drug-likeness (QED) is 0.252. The number of hydrogen-bond donors (Lipinski definition) is 2. The highest BCUT2D eigenvalue weighted by atomic mass is 19.4. The van der Waals surface area contributed by atoms with Gasteiger partial charge in [0, 0.05) is 24.0 Å². The number of alkyl halides is 3. The van der Waals surface area contributed by atoms with E-state index >= 15 is 0 Å². The summed E-state index contributed by atoms with van der Waals surface area (Å²) >= 11 is 0. The van der Waals surface area contributed by atoms with Crippen LogP contribution >= 0.6 is 0 Å². The number of amides is 2. The van der Waals surface area contributed by atoms with Crippen molar-refractivity contribution in [1.29, 1.82) is 0 Å². The number of benzene rings is 3. The normalized spacial score (nSPS) is 16.7. The molecule has 0 saturated heterocycles. The van der Waals surface area contributed by atoms with Gasteiger partial charge in [0.15, 0.2) is 5.69 Å². The number of anilines is 2. The number of halogens is 3. The lowest BCUT2D eigenvalue weighted by atomic mass is 9.94. The van der Waals surface area contributed by atoms with Crippen LogP contribution in [0.15, 0.2) is 83.3 Å². The molecule has 5 rings (SSSR count). The summed E-state index contributed by atoms with van der Waals surface area (Å²) in [6.45, 7) is 0. The first-order valence-electron chi connectivity index (χ1n) is 13.2. The summed E-state index contributed by atoms with van der Waals surface area (Å²) in [6.07, 6.45) is -3.18. The number of carbonyl (C=O) groups excluding carboxylic acids is 2. The molecule has 0 aliphatic heterocycles. The van der Waals surface area contributed by atoms with Crippen molar-refractivity contribution in [1.82, 2.24) is 4.98 Å². The van der Waals surface area contributed by atoms with Crippen molar-refractivity contribution >= 4 is 29.2 Å². The molecule has 2 amide bonds. The van der Waals surface area contributed by atoms with Gasteiger partial charge in [-0.1, -0.05) is 48.9 Å². The summed E-state index contributed by atoms with van der Waals surface area (Å²) in [6, 6.07) is 21.6. The lowest BCUT2D eigenvalue weighted by Crippen LogP contribution is -2.36. The molecule has 216 valence electrons. The van der Waals surface area contributed by atoms with Gasteiger partial charge in [-0.2, -0.15) is 13.2 Å². The Kier molecular flexibility index (Phi) is 7.84. The fraction of sp³-hybridized carbons (Fsp3) is 0.226. The fourth-order valence-corrected chi connectivity index (χ4v) is 5.11. The highest BCUT2D eigenvalue weighted by molar-refractivity contribution is 6.04. The van der Waals surface area contributed by atoms with E-state index in [0.29, 0.717) is 30.5 Å². The smallest absolute Gasteiger partial charge is 0.452 e. The van der Waals surface area contributed by atoms with Crippen molar-refractivity contribution < 1.29 is 37.1 Å². The second kappa shape index (κ2) is 11.5. The summed E-state index contributed by atoms with van der Waals surface area (Å²) < 4.78 is 45.8. The van der Waals surface area contributed by atoms with E-state index in [9.17, 15) is 32.7 Å². The summed E-state index contributed by atoms with van der Waals surface area (Å²) in [7, 11) is 1.62. The second-order valence-electron chi connectivity index (χ2n) is 10.0. The van der Waals surface area contributed by atoms with Crippen LogP contribution in [0.2, 0.25) is 0 Å². The lowest BCUT2D eigenvalue weighted by Gasteiger charge is -2.23. The topological polar surface area (TPSA) is 113 Å². The number of oxazole rings is 1. The van der Waals surface area contributed by atoms with Crippen molar-refractivity contribution in [3.63, 3.8) is 0 Å². The number of rotatable bonds is 7. The van der Waals surface area contributed by atoms with E-state index in [4.69, 9.17) is 4.42 Å². The number of hydrogen-bond acceptors (Lipinski definition) is 5. The Morgan fingerprint density at radius 1 is 0.881 bits per heavy atom. The largest absolute Gasteiger partial charge is 0.481 e.